The lowest BCUT2D eigenvalue weighted by molar-refractivity contribution is -0.178. The van der Waals surface area contributed by atoms with Gasteiger partial charge in [0.05, 0.1) is 30.4 Å². The number of hydrogen-bond donors (Lipinski definition) is 1. The predicted octanol–water partition coefficient (Wildman–Crippen LogP) is 2.47. The van der Waals surface area contributed by atoms with Crippen molar-refractivity contribution in [3.05, 3.63) is 65.7 Å². The quantitative estimate of drug-likeness (QED) is 0.233. The Morgan fingerprint density at radius 1 is 0.923 bits per heavy atom. The van der Waals surface area contributed by atoms with Crippen LogP contribution in [0.4, 0.5) is 0 Å². The first-order chi connectivity index (χ1) is 18.5. The van der Waals surface area contributed by atoms with Crippen LogP contribution in [0.5, 0.6) is 5.75 Å². The zero-order chi connectivity index (χ0) is 28.7. The second-order valence-corrected chi connectivity index (χ2v) is 9.63. The van der Waals surface area contributed by atoms with E-state index in [1.54, 1.807) is 56.3 Å². The second kappa shape index (κ2) is 13.1. The van der Waals surface area contributed by atoms with Gasteiger partial charge < -0.3 is 14.9 Å². The summed E-state index contributed by atoms with van der Waals surface area (Å²) in [5, 5.41) is 2.39. The van der Waals surface area contributed by atoms with Crippen molar-refractivity contribution in [1.29, 1.82) is 0 Å². The SMILES string of the molecule is COOc1ccccc1C(=O)N[C@H]1CC(=O)C(=O)[C@H](Cc2ccccc2)[C@H](OC(=O)C(C)C)[C@H](C)C(=O)C1=O. The molecule has 10 heteroatoms. The number of nitrogens with one attached hydrogen (secondary N) is 1. The van der Waals surface area contributed by atoms with Gasteiger partial charge in [-0.1, -0.05) is 63.2 Å². The van der Waals surface area contributed by atoms with Crippen LogP contribution in [0.25, 0.3) is 0 Å². The van der Waals surface area contributed by atoms with Crippen molar-refractivity contribution in [2.75, 3.05) is 7.11 Å². The van der Waals surface area contributed by atoms with Crippen LogP contribution >= 0.6 is 0 Å². The Morgan fingerprint density at radius 2 is 1.56 bits per heavy atom. The van der Waals surface area contributed by atoms with Gasteiger partial charge in [-0.3, -0.25) is 28.8 Å². The van der Waals surface area contributed by atoms with E-state index in [4.69, 9.17) is 9.62 Å². The monoisotopic (exact) mass is 537 g/mol. The molecule has 0 radical (unpaired) electrons. The third kappa shape index (κ3) is 7.02. The summed E-state index contributed by atoms with van der Waals surface area (Å²) in [5.74, 6) is -8.41. The van der Waals surface area contributed by atoms with E-state index in [9.17, 15) is 28.8 Å². The molecule has 1 fully saturated rings. The van der Waals surface area contributed by atoms with Gasteiger partial charge in [-0.25, -0.2) is 0 Å². The highest BCUT2D eigenvalue weighted by Crippen LogP contribution is 2.28. The number of ether oxygens (including phenoxy) is 1. The summed E-state index contributed by atoms with van der Waals surface area (Å²) in [6.07, 6.45) is -2.09. The minimum absolute atomic E-state index is 0.00598. The maximum Gasteiger partial charge on any atom is 0.308 e. The van der Waals surface area contributed by atoms with Gasteiger partial charge in [0.15, 0.2) is 5.75 Å². The lowest BCUT2D eigenvalue weighted by Crippen LogP contribution is -2.47. The molecular weight excluding hydrogens is 506 g/mol. The number of esters is 1. The van der Waals surface area contributed by atoms with Gasteiger partial charge in [0.1, 0.15) is 12.1 Å². The van der Waals surface area contributed by atoms with Crippen LogP contribution in [0.15, 0.2) is 54.6 Å². The minimum atomic E-state index is -1.61. The largest absolute Gasteiger partial charge is 0.461 e. The predicted molar refractivity (Wildman–Crippen MR) is 137 cm³/mol. The Bertz CT molecular complexity index is 1250. The van der Waals surface area contributed by atoms with Crippen LogP contribution in [0, 0.1) is 17.8 Å². The Hall–Kier alpha value is -4.18. The molecule has 0 unspecified atom stereocenters. The summed E-state index contributed by atoms with van der Waals surface area (Å²) in [5.41, 5.74) is 0.663. The normalized spacial score (nSPS) is 22.1. The molecule has 2 aromatic rings. The molecule has 0 heterocycles. The zero-order valence-electron chi connectivity index (χ0n) is 22.2. The maximum absolute atomic E-state index is 13.5. The van der Waals surface area contributed by atoms with Crippen molar-refractivity contribution in [1.82, 2.24) is 5.32 Å². The Balaban J connectivity index is 1.99. The molecule has 1 aliphatic rings. The summed E-state index contributed by atoms with van der Waals surface area (Å²) in [7, 11) is 1.25. The van der Waals surface area contributed by atoms with E-state index in [0.717, 1.165) is 0 Å². The fourth-order valence-corrected chi connectivity index (χ4v) is 4.33. The molecule has 0 aliphatic heterocycles. The third-order valence-electron chi connectivity index (χ3n) is 6.50. The van der Waals surface area contributed by atoms with E-state index in [0.29, 0.717) is 5.56 Å². The molecule has 1 aliphatic carbocycles. The zero-order valence-corrected chi connectivity index (χ0v) is 22.2. The number of Topliss-reactive ketones (excluding diaryl/α,β-unsaturated/α-hetero) is 4. The lowest BCUT2D eigenvalue weighted by atomic mass is 9.81. The summed E-state index contributed by atoms with van der Waals surface area (Å²) >= 11 is 0. The molecule has 10 nitrogen and oxygen atoms in total. The topological polar surface area (TPSA) is 142 Å². The van der Waals surface area contributed by atoms with E-state index in [1.165, 1.54) is 26.2 Å². The maximum atomic E-state index is 13.5. The molecule has 2 aromatic carbocycles. The minimum Gasteiger partial charge on any atom is -0.461 e. The molecule has 39 heavy (non-hydrogen) atoms. The van der Waals surface area contributed by atoms with Crippen LogP contribution < -0.4 is 10.2 Å². The molecule has 4 atom stereocenters. The summed E-state index contributed by atoms with van der Waals surface area (Å²) in [6.45, 7) is 4.55. The average molecular weight is 538 g/mol. The lowest BCUT2D eigenvalue weighted by Gasteiger charge is -2.29. The molecule has 0 bridgehead atoms. The fraction of sp³-hybridized carbons (Fsp3) is 0.379. The van der Waals surface area contributed by atoms with Crippen molar-refractivity contribution < 1.29 is 43.3 Å². The number of ketones is 4. The van der Waals surface area contributed by atoms with Gasteiger partial charge in [0, 0.05) is 6.42 Å². The number of hydrogen-bond acceptors (Lipinski definition) is 9. The van der Waals surface area contributed by atoms with Crippen LogP contribution in [-0.2, 0) is 40.0 Å². The van der Waals surface area contributed by atoms with Crippen molar-refractivity contribution in [3.8, 4) is 5.75 Å². The number of rotatable bonds is 8. The van der Waals surface area contributed by atoms with E-state index >= 15 is 0 Å². The molecule has 1 N–H and O–H groups in total. The molecular formula is C29H31NO9. The van der Waals surface area contributed by atoms with Crippen molar-refractivity contribution in [2.24, 2.45) is 17.8 Å². The molecule has 1 amide bonds. The average Bonchev–Trinajstić information content (AvgIpc) is 2.94. The van der Waals surface area contributed by atoms with Gasteiger partial charge in [-0.15, -0.1) is 0 Å². The van der Waals surface area contributed by atoms with Crippen molar-refractivity contribution in [3.63, 3.8) is 0 Å². The first-order valence-corrected chi connectivity index (χ1v) is 12.5. The molecule has 3 rings (SSSR count). The van der Waals surface area contributed by atoms with Crippen LogP contribution in [0.1, 0.15) is 43.1 Å². The number of carbonyl (C=O) groups is 6. The van der Waals surface area contributed by atoms with Crippen LogP contribution in [-0.4, -0.2) is 54.3 Å². The highest BCUT2D eigenvalue weighted by molar-refractivity contribution is 6.44. The number of benzene rings is 2. The second-order valence-electron chi connectivity index (χ2n) is 9.63. The third-order valence-corrected chi connectivity index (χ3v) is 6.50. The highest BCUT2D eigenvalue weighted by Gasteiger charge is 2.46. The fourth-order valence-electron chi connectivity index (χ4n) is 4.33. The summed E-state index contributed by atoms with van der Waals surface area (Å²) < 4.78 is 5.60. The smallest absolute Gasteiger partial charge is 0.308 e. The molecule has 0 saturated heterocycles. The van der Waals surface area contributed by atoms with Crippen LogP contribution in [0.2, 0.25) is 0 Å². The summed E-state index contributed by atoms with van der Waals surface area (Å²) in [4.78, 5) is 88.6. The van der Waals surface area contributed by atoms with Gasteiger partial charge in [-0.05, 0) is 24.1 Å². The molecule has 1 saturated carbocycles. The number of para-hydroxylation sites is 1. The van der Waals surface area contributed by atoms with Crippen LogP contribution in [0.3, 0.4) is 0 Å². The number of amides is 1. The summed E-state index contributed by atoms with van der Waals surface area (Å²) in [6, 6.07) is 13.1. The van der Waals surface area contributed by atoms with Gasteiger partial charge in [-0.2, -0.15) is 4.89 Å². The van der Waals surface area contributed by atoms with E-state index in [-0.39, 0.29) is 17.7 Å². The molecule has 0 aromatic heterocycles. The Kier molecular flexibility index (Phi) is 9.84. The first kappa shape index (κ1) is 29.4. The molecule has 0 spiro atoms. The van der Waals surface area contributed by atoms with Gasteiger partial charge in [0.25, 0.3) is 5.91 Å². The van der Waals surface area contributed by atoms with E-state index < -0.39 is 71.3 Å². The highest BCUT2D eigenvalue weighted by atomic mass is 17.2. The van der Waals surface area contributed by atoms with E-state index in [2.05, 4.69) is 10.2 Å². The Labute approximate surface area is 225 Å². The molecule has 206 valence electrons. The number of carbonyl (C=O) groups excluding carboxylic acids is 6. The van der Waals surface area contributed by atoms with Gasteiger partial charge >= 0.3 is 5.97 Å². The van der Waals surface area contributed by atoms with Gasteiger partial charge in [0.2, 0.25) is 23.1 Å². The van der Waals surface area contributed by atoms with Crippen molar-refractivity contribution >= 4 is 35.0 Å². The first-order valence-electron chi connectivity index (χ1n) is 12.5. The van der Waals surface area contributed by atoms with Crippen molar-refractivity contribution in [2.45, 2.75) is 45.8 Å². The Morgan fingerprint density at radius 3 is 2.21 bits per heavy atom. The standard InChI is InChI=1S/C29H31NO9/c1-16(2)29(36)38-27-17(3)24(32)26(34)21(30-28(35)19-12-8-9-13-23(19)39-37-4)15-22(31)25(33)20(27)14-18-10-6-5-7-11-18/h5-13,16-17,20-21,27H,14-15H2,1-4H3,(H,30,35)/t17-,20+,21+,27-/m1/s1. The van der Waals surface area contributed by atoms with E-state index in [1.807, 2.05) is 0 Å².